The number of nitrogens with zero attached hydrogens (tertiary/aromatic N) is 3. The highest BCUT2D eigenvalue weighted by Gasteiger charge is 2.18. The van der Waals surface area contributed by atoms with Crippen LogP contribution in [-0.4, -0.2) is 26.4 Å². The number of anilines is 1. The quantitative estimate of drug-likeness (QED) is 0.409. The molecule has 0 aliphatic heterocycles. The first-order chi connectivity index (χ1) is 15.1. The fraction of sp³-hybridized carbons (Fsp3) is 0.125. The van der Waals surface area contributed by atoms with E-state index in [-0.39, 0.29) is 17.5 Å². The van der Waals surface area contributed by atoms with Crippen LogP contribution in [0.15, 0.2) is 84.0 Å². The number of benzene rings is 3. The van der Waals surface area contributed by atoms with E-state index in [0.717, 1.165) is 16.8 Å². The molecule has 0 radical (unpaired) electrons. The van der Waals surface area contributed by atoms with Crippen LogP contribution in [-0.2, 0) is 11.3 Å². The lowest BCUT2D eigenvalue weighted by Gasteiger charge is -2.11. The van der Waals surface area contributed by atoms with E-state index in [2.05, 4.69) is 15.5 Å². The molecule has 1 amide bonds. The van der Waals surface area contributed by atoms with Crippen molar-refractivity contribution in [2.45, 2.75) is 18.6 Å². The normalized spacial score (nSPS) is 10.8. The number of aromatic nitrogens is 3. The van der Waals surface area contributed by atoms with Gasteiger partial charge in [0.25, 0.3) is 0 Å². The lowest BCUT2D eigenvalue weighted by molar-refractivity contribution is -0.113. The van der Waals surface area contributed by atoms with Gasteiger partial charge < -0.3 is 5.32 Å². The molecule has 1 heterocycles. The topological polar surface area (TPSA) is 59.8 Å². The predicted octanol–water partition coefficient (Wildman–Crippen LogP) is 5.17. The molecule has 0 atom stereocenters. The van der Waals surface area contributed by atoms with Crippen molar-refractivity contribution in [2.24, 2.45) is 0 Å². The van der Waals surface area contributed by atoms with E-state index in [1.807, 2.05) is 66.1 Å². The van der Waals surface area contributed by atoms with Gasteiger partial charge in [-0.2, -0.15) is 0 Å². The number of carbonyl (C=O) groups excluding carboxylic acids is 1. The van der Waals surface area contributed by atoms with E-state index >= 15 is 0 Å². The molecular formula is C24H21FN4OS. The van der Waals surface area contributed by atoms with Gasteiger partial charge in [-0.1, -0.05) is 66.4 Å². The standard InChI is InChI=1S/C24H21FN4OS/c1-17-8-7-11-19(14-17)26-22(30)16-31-24-28-27-23(20-12-5-6-13-21(20)25)29(24)15-18-9-3-2-4-10-18/h2-14H,15-16H2,1H3,(H,26,30). The SMILES string of the molecule is Cc1cccc(NC(=O)CSc2nnc(-c3ccccc3F)n2Cc2ccccc2)c1. The highest BCUT2D eigenvalue weighted by Crippen LogP contribution is 2.27. The number of carbonyl (C=O) groups is 1. The minimum absolute atomic E-state index is 0.141. The molecule has 4 aromatic rings. The molecule has 31 heavy (non-hydrogen) atoms. The van der Waals surface area contributed by atoms with Crippen molar-refractivity contribution in [1.82, 2.24) is 14.8 Å². The van der Waals surface area contributed by atoms with Gasteiger partial charge in [0.1, 0.15) is 5.82 Å². The number of nitrogens with one attached hydrogen (secondary N) is 1. The van der Waals surface area contributed by atoms with Crippen LogP contribution >= 0.6 is 11.8 Å². The summed E-state index contributed by atoms with van der Waals surface area (Å²) in [4.78, 5) is 12.4. The Morgan fingerprint density at radius 2 is 1.77 bits per heavy atom. The first-order valence-electron chi connectivity index (χ1n) is 9.81. The molecule has 0 fully saturated rings. The largest absolute Gasteiger partial charge is 0.325 e. The third kappa shape index (κ3) is 5.19. The summed E-state index contributed by atoms with van der Waals surface area (Å²) in [6.45, 7) is 2.44. The molecule has 156 valence electrons. The Balaban J connectivity index is 1.57. The van der Waals surface area contributed by atoms with Gasteiger partial charge in [-0.15, -0.1) is 10.2 Å². The second-order valence-corrected chi connectivity index (χ2v) is 8.01. The average Bonchev–Trinajstić information content (AvgIpc) is 3.15. The lowest BCUT2D eigenvalue weighted by Crippen LogP contribution is -2.15. The Bertz CT molecular complexity index is 1190. The second kappa shape index (κ2) is 9.57. The highest BCUT2D eigenvalue weighted by atomic mass is 32.2. The molecule has 1 aromatic heterocycles. The van der Waals surface area contributed by atoms with E-state index in [4.69, 9.17) is 0 Å². The smallest absolute Gasteiger partial charge is 0.234 e. The van der Waals surface area contributed by atoms with Crippen LogP contribution < -0.4 is 5.32 Å². The van der Waals surface area contributed by atoms with E-state index in [0.29, 0.717) is 23.1 Å². The number of hydrogen-bond donors (Lipinski definition) is 1. The maximum atomic E-state index is 14.4. The summed E-state index contributed by atoms with van der Waals surface area (Å²) in [5, 5.41) is 11.9. The number of hydrogen-bond acceptors (Lipinski definition) is 4. The van der Waals surface area contributed by atoms with Crippen molar-refractivity contribution in [1.29, 1.82) is 0 Å². The monoisotopic (exact) mass is 432 g/mol. The van der Waals surface area contributed by atoms with Crippen molar-refractivity contribution >= 4 is 23.4 Å². The molecule has 5 nitrogen and oxygen atoms in total. The van der Waals surface area contributed by atoms with Crippen LogP contribution in [0.2, 0.25) is 0 Å². The van der Waals surface area contributed by atoms with Crippen LogP contribution in [0.5, 0.6) is 0 Å². The second-order valence-electron chi connectivity index (χ2n) is 7.06. The Morgan fingerprint density at radius 1 is 1.00 bits per heavy atom. The first kappa shape index (κ1) is 20.8. The summed E-state index contributed by atoms with van der Waals surface area (Å²) in [6.07, 6.45) is 0. The Morgan fingerprint density at radius 3 is 2.55 bits per heavy atom. The summed E-state index contributed by atoms with van der Waals surface area (Å²) < 4.78 is 16.3. The Labute approximate surface area is 184 Å². The summed E-state index contributed by atoms with van der Waals surface area (Å²) in [6, 6.07) is 23.9. The minimum atomic E-state index is -0.363. The number of rotatable bonds is 7. The molecule has 0 unspecified atom stereocenters. The van der Waals surface area contributed by atoms with Crippen LogP contribution in [0.4, 0.5) is 10.1 Å². The molecular weight excluding hydrogens is 411 g/mol. The van der Waals surface area contributed by atoms with Crippen molar-refractivity contribution in [2.75, 3.05) is 11.1 Å². The fourth-order valence-corrected chi connectivity index (χ4v) is 3.93. The van der Waals surface area contributed by atoms with Crippen molar-refractivity contribution in [3.8, 4) is 11.4 Å². The maximum Gasteiger partial charge on any atom is 0.234 e. The Hall–Kier alpha value is -3.45. The zero-order valence-corrected chi connectivity index (χ0v) is 17.8. The zero-order chi connectivity index (χ0) is 21.6. The molecule has 0 bridgehead atoms. The van der Waals surface area contributed by atoms with Gasteiger partial charge in [-0.3, -0.25) is 9.36 Å². The molecule has 0 aliphatic rings. The maximum absolute atomic E-state index is 14.4. The van der Waals surface area contributed by atoms with Gasteiger partial charge in [0.2, 0.25) is 5.91 Å². The van der Waals surface area contributed by atoms with Crippen molar-refractivity contribution in [3.05, 3.63) is 95.8 Å². The van der Waals surface area contributed by atoms with Crippen LogP contribution in [0.3, 0.4) is 0 Å². The van der Waals surface area contributed by atoms with E-state index in [1.165, 1.54) is 17.8 Å². The van der Waals surface area contributed by atoms with Gasteiger partial charge in [-0.25, -0.2) is 4.39 Å². The highest BCUT2D eigenvalue weighted by molar-refractivity contribution is 7.99. The number of thioether (sulfide) groups is 1. The number of aryl methyl sites for hydroxylation is 1. The minimum Gasteiger partial charge on any atom is -0.325 e. The van der Waals surface area contributed by atoms with Gasteiger partial charge in [0, 0.05) is 5.69 Å². The summed E-state index contributed by atoms with van der Waals surface area (Å²) in [5.74, 6) is 0.0943. The Kier molecular flexibility index (Phi) is 6.43. The molecule has 1 N–H and O–H groups in total. The number of halogens is 1. The van der Waals surface area contributed by atoms with Gasteiger partial charge >= 0.3 is 0 Å². The third-order valence-corrected chi connectivity index (χ3v) is 5.62. The average molecular weight is 433 g/mol. The van der Waals surface area contributed by atoms with Crippen LogP contribution in [0.25, 0.3) is 11.4 Å². The zero-order valence-electron chi connectivity index (χ0n) is 17.0. The summed E-state index contributed by atoms with van der Waals surface area (Å²) in [7, 11) is 0. The van der Waals surface area contributed by atoms with Crippen LogP contribution in [0, 0.1) is 12.7 Å². The van der Waals surface area contributed by atoms with Gasteiger partial charge in [-0.05, 0) is 42.3 Å². The third-order valence-electron chi connectivity index (χ3n) is 4.65. The van der Waals surface area contributed by atoms with Crippen molar-refractivity contribution in [3.63, 3.8) is 0 Å². The summed E-state index contributed by atoms with van der Waals surface area (Å²) in [5.41, 5.74) is 3.24. The van der Waals surface area contributed by atoms with E-state index in [1.54, 1.807) is 18.2 Å². The molecule has 3 aromatic carbocycles. The lowest BCUT2D eigenvalue weighted by atomic mass is 10.2. The molecule has 0 saturated heterocycles. The van der Waals surface area contributed by atoms with Crippen LogP contribution in [0.1, 0.15) is 11.1 Å². The predicted molar refractivity (Wildman–Crippen MR) is 121 cm³/mol. The molecule has 4 rings (SSSR count). The van der Waals surface area contributed by atoms with E-state index in [9.17, 15) is 9.18 Å². The fourth-order valence-electron chi connectivity index (χ4n) is 3.20. The van der Waals surface area contributed by atoms with Gasteiger partial charge in [0.05, 0.1) is 17.9 Å². The first-order valence-corrected chi connectivity index (χ1v) is 10.8. The molecule has 0 aliphatic carbocycles. The van der Waals surface area contributed by atoms with Crippen molar-refractivity contribution < 1.29 is 9.18 Å². The molecule has 0 saturated carbocycles. The summed E-state index contributed by atoms with van der Waals surface area (Å²) >= 11 is 1.27. The van der Waals surface area contributed by atoms with Gasteiger partial charge in [0.15, 0.2) is 11.0 Å². The van der Waals surface area contributed by atoms with E-state index < -0.39 is 0 Å². The molecule has 0 spiro atoms. The molecule has 7 heteroatoms. The number of amides is 1.